The van der Waals surface area contributed by atoms with Crippen LogP contribution in [0.2, 0.25) is 0 Å². The predicted octanol–water partition coefficient (Wildman–Crippen LogP) is 1.78. The monoisotopic (exact) mass is 291 g/mol. The zero-order chi connectivity index (χ0) is 11.6. The lowest BCUT2D eigenvalue weighted by Crippen LogP contribution is -2.53. The Morgan fingerprint density at radius 3 is 2.61 bits per heavy atom. The average Bonchev–Trinajstić information content (AvgIpc) is 3.14. The van der Waals surface area contributed by atoms with Crippen molar-refractivity contribution in [3.8, 4) is 0 Å². The van der Waals surface area contributed by atoms with Crippen LogP contribution in [-0.2, 0) is 0 Å². The number of hydrogen-bond acceptors (Lipinski definition) is 3. The molecule has 0 spiro atoms. The van der Waals surface area contributed by atoms with Gasteiger partial charge in [0, 0.05) is 12.7 Å². The van der Waals surface area contributed by atoms with Crippen molar-refractivity contribution in [2.45, 2.75) is 25.3 Å². The van der Waals surface area contributed by atoms with Gasteiger partial charge in [0.1, 0.15) is 5.69 Å². The Hall–Kier alpha value is -0.840. The molecule has 2 rings (SSSR count). The predicted molar refractivity (Wildman–Crippen MR) is 76.4 cm³/mol. The van der Waals surface area contributed by atoms with Crippen LogP contribution in [0.3, 0.4) is 0 Å². The van der Waals surface area contributed by atoms with E-state index in [9.17, 15) is 4.79 Å². The fourth-order valence-corrected chi connectivity index (χ4v) is 1.86. The number of nitrogens with two attached hydrogens (primary N) is 1. The van der Waals surface area contributed by atoms with E-state index in [2.05, 4.69) is 10.3 Å². The van der Waals surface area contributed by atoms with Crippen molar-refractivity contribution in [2.24, 2.45) is 11.7 Å². The van der Waals surface area contributed by atoms with E-state index in [0.29, 0.717) is 18.2 Å². The van der Waals surface area contributed by atoms with Crippen molar-refractivity contribution in [3.63, 3.8) is 0 Å². The topological polar surface area (TPSA) is 68.0 Å². The van der Waals surface area contributed by atoms with Crippen molar-refractivity contribution < 1.29 is 4.79 Å². The fraction of sp³-hybridized carbons (Fsp3) is 0.500. The summed E-state index contributed by atoms with van der Waals surface area (Å²) in [5, 5.41) is 2.99. The molecule has 1 amide bonds. The number of carbonyl (C=O) groups excluding carboxylic acids is 1. The second-order valence-electron chi connectivity index (χ2n) is 4.56. The highest BCUT2D eigenvalue weighted by atomic mass is 35.5. The second kappa shape index (κ2) is 6.92. The summed E-state index contributed by atoms with van der Waals surface area (Å²) in [6.07, 6.45) is 3.91. The minimum absolute atomic E-state index is 0. The Bertz CT molecular complexity index is 384. The normalized spacial score (nSPS) is 16.8. The number of nitrogens with zero attached hydrogens (tertiary/aromatic N) is 1. The molecule has 3 N–H and O–H groups in total. The number of aromatic nitrogens is 1. The minimum atomic E-state index is -0.283. The van der Waals surface area contributed by atoms with E-state index in [1.54, 1.807) is 24.4 Å². The number of pyridine rings is 1. The highest BCUT2D eigenvalue weighted by molar-refractivity contribution is 5.92. The number of halogens is 2. The van der Waals surface area contributed by atoms with Gasteiger partial charge in [0.2, 0.25) is 0 Å². The van der Waals surface area contributed by atoms with Crippen LogP contribution in [-0.4, -0.2) is 23.0 Å². The highest BCUT2D eigenvalue weighted by Gasteiger charge is 2.41. The Morgan fingerprint density at radius 1 is 1.50 bits per heavy atom. The number of amides is 1. The molecule has 1 aromatic rings. The summed E-state index contributed by atoms with van der Waals surface area (Å²) >= 11 is 0. The fourth-order valence-electron chi connectivity index (χ4n) is 1.86. The molecule has 0 radical (unpaired) electrons. The van der Waals surface area contributed by atoms with Crippen LogP contribution in [0.1, 0.15) is 30.3 Å². The van der Waals surface area contributed by atoms with Crippen molar-refractivity contribution in [1.29, 1.82) is 0 Å². The van der Waals surface area contributed by atoms with E-state index in [1.165, 1.54) is 0 Å². The molecule has 0 aliphatic heterocycles. The number of rotatable bonds is 4. The first-order chi connectivity index (χ1) is 7.65. The van der Waals surface area contributed by atoms with Crippen LogP contribution in [0.5, 0.6) is 0 Å². The molecule has 1 fully saturated rings. The summed E-state index contributed by atoms with van der Waals surface area (Å²) in [5.41, 5.74) is 5.90. The van der Waals surface area contributed by atoms with Crippen molar-refractivity contribution in [3.05, 3.63) is 30.1 Å². The van der Waals surface area contributed by atoms with E-state index in [-0.39, 0.29) is 36.3 Å². The molecule has 1 atom stereocenters. The van der Waals surface area contributed by atoms with E-state index >= 15 is 0 Å². The van der Waals surface area contributed by atoms with E-state index < -0.39 is 0 Å². The summed E-state index contributed by atoms with van der Waals surface area (Å²) in [4.78, 5) is 15.9. The maximum atomic E-state index is 11.9. The summed E-state index contributed by atoms with van der Waals surface area (Å²) in [7, 11) is 0. The Labute approximate surface area is 120 Å². The lowest BCUT2D eigenvalue weighted by Gasteiger charge is -2.29. The molecule has 6 heteroatoms. The van der Waals surface area contributed by atoms with Gasteiger partial charge in [-0.1, -0.05) is 6.07 Å². The Kier molecular flexibility index (Phi) is 6.60. The highest BCUT2D eigenvalue weighted by Crippen LogP contribution is 2.39. The third-order valence-corrected chi connectivity index (χ3v) is 3.20. The minimum Gasteiger partial charge on any atom is -0.344 e. The lowest BCUT2D eigenvalue weighted by atomic mass is 9.96. The van der Waals surface area contributed by atoms with Crippen LogP contribution >= 0.6 is 24.8 Å². The molecule has 0 aromatic carbocycles. The molecule has 1 aliphatic carbocycles. The standard InChI is InChI=1S/C12H17N3O.2ClH/c1-12(8-13,9-5-6-9)15-11(16)10-4-2-3-7-14-10;;/h2-4,7,9H,5-6,8,13H2,1H3,(H,15,16);2*1H. The zero-order valence-electron chi connectivity index (χ0n) is 10.3. The van der Waals surface area contributed by atoms with Gasteiger partial charge in [0.05, 0.1) is 5.54 Å². The Balaban J connectivity index is 0.00000144. The molecule has 1 unspecified atom stereocenters. The number of nitrogens with one attached hydrogen (secondary N) is 1. The summed E-state index contributed by atoms with van der Waals surface area (Å²) in [6, 6.07) is 5.30. The maximum Gasteiger partial charge on any atom is 0.270 e. The van der Waals surface area contributed by atoms with Gasteiger partial charge in [-0.3, -0.25) is 9.78 Å². The van der Waals surface area contributed by atoms with Gasteiger partial charge >= 0.3 is 0 Å². The van der Waals surface area contributed by atoms with Gasteiger partial charge in [0.25, 0.3) is 5.91 Å². The van der Waals surface area contributed by atoms with Crippen LogP contribution < -0.4 is 11.1 Å². The van der Waals surface area contributed by atoms with Crippen molar-refractivity contribution in [2.75, 3.05) is 6.54 Å². The van der Waals surface area contributed by atoms with Crippen molar-refractivity contribution in [1.82, 2.24) is 10.3 Å². The smallest absolute Gasteiger partial charge is 0.270 e. The summed E-state index contributed by atoms with van der Waals surface area (Å²) in [6.45, 7) is 2.47. The summed E-state index contributed by atoms with van der Waals surface area (Å²) < 4.78 is 0. The second-order valence-corrected chi connectivity index (χ2v) is 4.56. The molecular weight excluding hydrogens is 273 g/mol. The van der Waals surface area contributed by atoms with E-state index in [4.69, 9.17) is 5.73 Å². The molecule has 1 heterocycles. The third-order valence-electron chi connectivity index (χ3n) is 3.20. The van der Waals surface area contributed by atoms with Gasteiger partial charge in [-0.15, -0.1) is 24.8 Å². The molecule has 102 valence electrons. The van der Waals surface area contributed by atoms with Crippen LogP contribution in [0, 0.1) is 5.92 Å². The van der Waals surface area contributed by atoms with E-state index in [1.807, 2.05) is 6.92 Å². The van der Waals surface area contributed by atoms with Gasteiger partial charge in [-0.2, -0.15) is 0 Å². The first-order valence-corrected chi connectivity index (χ1v) is 5.59. The first kappa shape index (κ1) is 17.2. The largest absolute Gasteiger partial charge is 0.344 e. The Morgan fingerprint density at radius 2 is 2.17 bits per heavy atom. The van der Waals surface area contributed by atoms with Gasteiger partial charge in [0.15, 0.2) is 0 Å². The molecule has 4 nitrogen and oxygen atoms in total. The van der Waals surface area contributed by atoms with E-state index in [0.717, 1.165) is 12.8 Å². The molecule has 0 saturated heterocycles. The molecule has 1 aromatic heterocycles. The molecule has 1 aliphatic rings. The molecule has 18 heavy (non-hydrogen) atoms. The number of carbonyl (C=O) groups is 1. The van der Waals surface area contributed by atoms with Gasteiger partial charge in [-0.05, 0) is 37.8 Å². The van der Waals surface area contributed by atoms with Crippen LogP contribution in [0.4, 0.5) is 0 Å². The molecule has 0 bridgehead atoms. The van der Waals surface area contributed by atoms with Crippen LogP contribution in [0.15, 0.2) is 24.4 Å². The summed E-state index contributed by atoms with van der Waals surface area (Å²) in [5.74, 6) is 0.380. The van der Waals surface area contributed by atoms with Crippen LogP contribution in [0.25, 0.3) is 0 Å². The molecule has 1 saturated carbocycles. The molecular formula is C12H19Cl2N3O. The number of hydrogen-bond donors (Lipinski definition) is 2. The van der Waals surface area contributed by atoms with Crippen molar-refractivity contribution >= 4 is 30.7 Å². The third kappa shape index (κ3) is 3.83. The maximum absolute atomic E-state index is 11.9. The van der Waals surface area contributed by atoms with Gasteiger partial charge in [-0.25, -0.2) is 0 Å². The average molecular weight is 292 g/mol. The lowest BCUT2D eigenvalue weighted by molar-refractivity contribution is 0.0892. The quantitative estimate of drug-likeness (QED) is 0.889. The van der Waals surface area contributed by atoms with Gasteiger partial charge < -0.3 is 11.1 Å². The zero-order valence-corrected chi connectivity index (χ0v) is 11.9. The SMILES string of the molecule is CC(CN)(NC(=O)c1ccccn1)C1CC1.Cl.Cl. The first-order valence-electron chi connectivity index (χ1n) is 5.59.